The summed E-state index contributed by atoms with van der Waals surface area (Å²) in [5, 5.41) is 6.67. The number of aliphatic imine (C=N–C) groups is 1. The fourth-order valence-electron chi connectivity index (χ4n) is 2.32. The van der Waals surface area contributed by atoms with Crippen molar-refractivity contribution >= 4 is 5.96 Å². The maximum Gasteiger partial charge on any atom is 0.190 e. The standard InChI is InChI=1S/C19H27N3O2/c1-16(17-8-4-3-5-9-17)14-22-19(20-2)21-11-7-12-23-15-18-10-6-13-24-18/h3-6,8-10,13,16H,7,11-12,14-15H2,1-2H3,(H2,20,21,22). The molecule has 130 valence electrons. The van der Waals surface area contributed by atoms with Crippen LogP contribution in [0.1, 0.15) is 30.6 Å². The zero-order valence-corrected chi connectivity index (χ0v) is 14.5. The van der Waals surface area contributed by atoms with E-state index in [1.807, 2.05) is 18.2 Å². The molecule has 2 rings (SSSR count). The Morgan fingerprint density at radius 1 is 1.17 bits per heavy atom. The third-order valence-corrected chi connectivity index (χ3v) is 3.75. The van der Waals surface area contributed by atoms with E-state index < -0.39 is 0 Å². The Morgan fingerprint density at radius 3 is 2.71 bits per heavy atom. The first-order valence-corrected chi connectivity index (χ1v) is 8.39. The largest absolute Gasteiger partial charge is 0.467 e. The van der Waals surface area contributed by atoms with Gasteiger partial charge in [0.05, 0.1) is 6.26 Å². The van der Waals surface area contributed by atoms with Crippen LogP contribution in [-0.4, -0.2) is 32.7 Å². The van der Waals surface area contributed by atoms with Crippen LogP contribution in [0.3, 0.4) is 0 Å². The highest BCUT2D eigenvalue weighted by atomic mass is 16.5. The van der Waals surface area contributed by atoms with Gasteiger partial charge in [-0.3, -0.25) is 4.99 Å². The van der Waals surface area contributed by atoms with Gasteiger partial charge in [0.25, 0.3) is 0 Å². The number of benzene rings is 1. The molecule has 1 heterocycles. The number of furan rings is 1. The molecule has 0 aliphatic rings. The van der Waals surface area contributed by atoms with Gasteiger partial charge in [-0.15, -0.1) is 0 Å². The van der Waals surface area contributed by atoms with E-state index in [9.17, 15) is 0 Å². The summed E-state index contributed by atoms with van der Waals surface area (Å²) in [4.78, 5) is 4.25. The average Bonchev–Trinajstić information content (AvgIpc) is 3.14. The number of guanidine groups is 1. The van der Waals surface area contributed by atoms with E-state index in [0.717, 1.165) is 31.2 Å². The van der Waals surface area contributed by atoms with E-state index in [2.05, 4.69) is 46.8 Å². The zero-order chi connectivity index (χ0) is 17.0. The maximum absolute atomic E-state index is 5.56. The van der Waals surface area contributed by atoms with E-state index in [1.54, 1.807) is 13.3 Å². The molecule has 1 atom stereocenters. The monoisotopic (exact) mass is 329 g/mol. The van der Waals surface area contributed by atoms with Crippen molar-refractivity contribution in [3.05, 3.63) is 60.1 Å². The van der Waals surface area contributed by atoms with E-state index in [1.165, 1.54) is 5.56 Å². The van der Waals surface area contributed by atoms with Crippen LogP contribution in [0.25, 0.3) is 0 Å². The zero-order valence-electron chi connectivity index (χ0n) is 14.5. The predicted molar refractivity (Wildman–Crippen MR) is 97.2 cm³/mol. The highest BCUT2D eigenvalue weighted by molar-refractivity contribution is 5.79. The number of rotatable bonds is 9. The lowest BCUT2D eigenvalue weighted by molar-refractivity contribution is 0.105. The third-order valence-electron chi connectivity index (χ3n) is 3.75. The second-order valence-electron chi connectivity index (χ2n) is 5.68. The highest BCUT2D eigenvalue weighted by Crippen LogP contribution is 2.12. The quantitative estimate of drug-likeness (QED) is 0.421. The van der Waals surface area contributed by atoms with Gasteiger partial charge in [0.15, 0.2) is 5.96 Å². The number of hydrogen-bond acceptors (Lipinski definition) is 3. The normalized spacial score (nSPS) is 12.8. The van der Waals surface area contributed by atoms with Crippen molar-refractivity contribution in [3.8, 4) is 0 Å². The van der Waals surface area contributed by atoms with E-state index in [0.29, 0.717) is 19.1 Å². The highest BCUT2D eigenvalue weighted by Gasteiger charge is 2.05. The molecule has 5 nitrogen and oxygen atoms in total. The van der Waals surface area contributed by atoms with Crippen molar-refractivity contribution in [1.82, 2.24) is 10.6 Å². The van der Waals surface area contributed by atoms with Gasteiger partial charge in [-0.05, 0) is 30.0 Å². The van der Waals surface area contributed by atoms with Crippen molar-refractivity contribution in [2.75, 3.05) is 26.7 Å². The molecular weight excluding hydrogens is 302 g/mol. The van der Waals surface area contributed by atoms with Crippen molar-refractivity contribution in [2.45, 2.75) is 25.9 Å². The van der Waals surface area contributed by atoms with Crippen molar-refractivity contribution in [3.63, 3.8) is 0 Å². The molecule has 2 aromatic rings. The minimum Gasteiger partial charge on any atom is -0.467 e. The predicted octanol–water partition coefficient (Wildman–Crippen LogP) is 3.16. The number of hydrogen-bond donors (Lipinski definition) is 2. The SMILES string of the molecule is CN=C(NCCCOCc1ccco1)NCC(C)c1ccccc1. The molecule has 0 aliphatic heterocycles. The van der Waals surface area contributed by atoms with Crippen LogP contribution in [0.4, 0.5) is 0 Å². The molecule has 0 spiro atoms. The van der Waals surface area contributed by atoms with Crippen LogP contribution in [0.2, 0.25) is 0 Å². The van der Waals surface area contributed by atoms with E-state index in [-0.39, 0.29) is 0 Å². The van der Waals surface area contributed by atoms with E-state index in [4.69, 9.17) is 9.15 Å². The first-order chi connectivity index (χ1) is 11.8. The summed E-state index contributed by atoms with van der Waals surface area (Å²) >= 11 is 0. The third kappa shape index (κ3) is 6.46. The summed E-state index contributed by atoms with van der Waals surface area (Å²) in [6, 6.07) is 14.3. The topological polar surface area (TPSA) is 58.8 Å². The maximum atomic E-state index is 5.56. The molecule has 1 aromatic heterocycles. The second-order valence-corrected chi connectivity index (χ2v) is 5.68. The van der Waals surface area contributed by atoms with Crippen LogP contribution in [-0.2, 0) is 11.3 Å². The fourth-order valence-corrected chi connectivity index (χ4v) is 2.32. The van der Waals surface area contributed by atoms with Gasteiger partial charge in [0.2, 0.25) is 0 Å². The Balaban J connectivity index is 1.57. The van der Waals surface area contributed by atoms with Crippen LogP contribution in [0, 0.1) is 0 Å². The summed E-state index contributed by atoms with van der Waals surface area (Å²) < 4.78 is 10.8. The molecule has 0 saturated heterocycles. The Labute approximate surface area is 144 Å². The molecule has 0 fully saturated rings. The summed E-state index contributed by atoms with van der Waals surface area (Å²) in [5.41, 5.74) is 1.33. The van der Waals surface area contributed by atoms with Crippen molar-refractivity contribution < 1.29 is 9.15 Å². The number of ether oxygens (including phenoxy) is 1. The second kappa shape index (κ2) is 10.5. The molecule has 0 aliphatic carbocycles. The van der Waals surface area contributed by atoms with Gasteiger partial charge in [-0.1, -0.05) is 37.3 Å². The van der Waals surface area contributed by atoms with Gasteiger partial charge in [0.1, 0.15) is 12.4 Å². The number of nitrogens with one attached hydrogen (secondary N) is 2. The van der Waals surface area contributed by atoms with Crippen LogP contribution in [0.15, 0.2) is 58.1 Å². The van der Waals surface area contributed by atoms with Gasteiger partial charge >= 0.3 is 0 Å². The van der Waals surface area contributed by atoms with E-state index >= 15 is 0 Å². The van der Waals surface area contributed by atoms with Crippen molar-refractivity contribution in [1.29, 1.82) is 0 Å². The smallest absolute Gasteiger partial charge is 0.190 e. The molecule has 0 radical (unpaired) electrons. The molecule has 0 saturated carbocycles. The summed E-state index contributed by atoms with van der Waals surface area (Å²) in [6.07, 6.45) is 2.57. The van der Waals surface area contributed by atoms with Gasteiger partial charge in [0, 0.05) is 26.7 Å². The first-order valence-electron chi connectivity index (χ1n) is 8.39. The molecule has 2 N–H and O–H groups in total. The number of nitrogens with zero attached hydrogens (tertiary/aromatic N) is 1. The lowest BCUT2D eigenvalue weighted by Gasteiger charge is -2.16. The Bertz CT molecular complexity index is 582. The molecule has 24 heavy (non-hydrogen) atoms. The first kappa shape index (κ1) is 18.1. The molecule has 0 amide bonds. The van der Waals surface area contributed by atoms with Gasteiger partial charge in [-0.25, -0.2) is 0 Å². The average molecular weight is 329 g/mol. The molecule has 1 aromatic carbocycles. The summed E-state index contributed by atoms with van der Waals surface area (Å²) in [6.45, 7) is 5.08. The van der Waals surface area contributed by atoms with Crippen molar-refractivity contribution in [2.24, 2.45) is 4.99 Å². The summed E-state index contributed by atoms with van der Waals surface area (Å²) in [5.74, 6) is 2.11. The fraction of sp³-hybridized carbons (Fsp3) is 0.421. The minimum absolute atomic E-state index is 0.432. The molecule has 5 heteroatoms. The lowest BCUT2D eigenvalue weighted by Crippen LogP contribution is -2.39. The molecule has 1 unspecified atom stereocenters. The molecule has 0 bridgehead atoms. The Hall–Kier alpha value is -2.27. The van der Waals surface area contributed by atoms with Crippen LogP contribution >= 0.6 is 0 Å². The minimum atomic E-state index is 0.432. The van der Waals surface area contributed by atoms with Gasteiger partial charge in [-0.2, -0.15) is 0 Å². The van der Waals surface area contributed by atoms with Gasteiger partial charge < -0.3 is 19.8 Å². The van der Waals surface area contributed by atoms with Crippen LogP contribution < -0.4 is 10.6 Å². The Morgan fingerprint density at radius 2 is 2.00 bits per heavy atom. The lowest BCUT2D eigenvalue weighted by atomic mass is 10.0. The van der Waals surface area contributed by atoms with Crippen LogP contribution in [0.5, 0.6) is 0 Å². The molecular formula is C19H27N3O2. The summed E-state index contributed by atoms with van der Waals surface area (Å²) in [7, 11) is 1.79. The Kier molecular flexibility index (Phi) is 7.90.